The zero-order valence-corrected chi connectivity index (χ0v) is 19.3. The number of nitrogens with zero attached hydrogens (tertiary/aromatic N) is 7. The molecule has 0 amide bonds. The van der Waals surface area contributed by atoms with E-state index >= 15 is 0 Å². The third-order valence-corrected chi connectivity index (χ3v) is 6.13. The number of hydrogen-bond donors (Lipinski definition) is 0. The van der Waals surface area contributed by atoms with Gasteiger partial charge in [0.05, 0.1) is 22.9 Å². The van der Waals surface area contributed by atoms with Crippen LogP contribution in [0.3, 0.4) is 0 Å². The van der Waals surface area contributed by atoms with Gasteiger partial charge in [0, 0.05) is 36.6 Å². The predicted molar refractivity (Wildman–Crippen MR) is 122 cm³/mol. The molecule has 4 aromatic rings. The van der Waals surface area contributed by atoms with Gasteiger partial charge in [-0.1, -0.05) is 23.7 Å². The number of nitriles is 1. The minimum absolute atomic E-state index is 0.0678. The van der Waals surface area contributed by atoms with Crippen LogP contribution < -0.4 is 9.48 Å². The second-order valence-electron chi connectivity index (χ2n) is 8.86. The Morgan fingerprint density at radius 2 is 2.00 bits per heavy atom. The standard InChI is InChI=1S/C24H25FN7O2/c1-15(2)22-28-24(33-30-22)32(11-5-4-6-12-32)34-20-9-10-27-23-21(16(3)29-31(20)23)18-8-7-17(14-26)13-19(18)25/h7-10,13,15H,4-6,11-12H2,1-3H3/q+1. The molecule has 4 heterocycles. The number of fused-ring (bicyclic) bond motifs is 1. The molecule has 10 heteroatoms. The molecule has 5 rings (SSSR count). The predicted octanol–water partition coefficient (Wildman–Crippen LogP) is 4.71. The zero-order chi connectivity index (χ0) is 23.9. The highest BCUT2D eigenvalue weighted by Crippen LogP contribution is 2.34. The Kier molecular flexibility index (Phi) is 5.49. The molecule has 0 atom stereocenters. The number of hydrogen-bond acceptors (Lipinski definition) is 7. The van der Waals surface area contributed by atoms with E-state index in [0.29, 0.717) is 53.3 Å². The fraction of sp³-hybridized carbons (Fsp3) is 0.375. The number of hydroxylamine groups is 2. The summed E-state index contributed by atoms with van der Waals surface area (Å²) in [6.45, 7) is 7.18. The summed E-state index contributed by atoms with van der Waals surface area (Å²) >= 11 is 0. The van der Waals surface area contributed by atoms with Crippen LogP contribution in [0.15, 0.2) is 35.0 Å². The van der Waals surface area contributed by atoms with Gasteiger partial charge in [0.25, 0.3) is 5.88 Å². The number of benzene rings is 1. The molecule has 0 saturated carbocycles. The molecule has 34 heavy (non-hydrogen) atoms. The van der Waals surface area contributed by atoms with Crippen molar-refractivity contribution in [1.82, 2.24) is 29.4 Å². The first kappa shape index (κ1) is 22.0. The first-order valence-electron chi connectivity index (χ1n) is 11.4. The lowest BCUT2D eigenvalue weighted by Gasteiger charge is -2.33. The van der Waals surface area contributed by atoms with Crippen molar-refractivity contribution in [2.75, 3.05) is 13.1 Å². The van der Waals surface area contributed by atoms with Crippen LogP contribution in [0.5, 0.6) is 5.88 Å². The van der Waals surface area contributed by atoms with Gasteiger partial charge in [0.1, 0.15) is 18.9 Å². The fourth-order valence-corrected chi connectivity index (χ4v) is 4.35. The van der Waals surface area contributed by atoms with Gasteiger partial charge < -0.3 is 0 Å². The van der Waals surface area contributed by atoms with Crippen LogP contribution in [-0.4, -0.2) is 37.8 Å². The van der Waals surface area contributed by atoms with Gasteiger partial charge in [-0.25, -0.2) is 9.37 Å². The quantitative estimate of drug-likeness (QED) is 0.396. The molecule has 1 aromatic carbocycles. The second kappa shape index (κ2) is 8.50. The Hall–Kier alpha value is -3.84. The fourth-order valence-electron chi connectivity index (χ4n) is 4.35. The van der Waals surface area contributed by atoms with Gasteiger partial charge in [-0.15, -0.1) is 4.98 Å². The van der Waals surface area contributed by atoms with Gasteiger partial charge in [-0.05, 0) is 31.5 Å². The molecular formula is C24H25FN7O2+. The van der Waals surface area contributed by atoms with E-state index in [-0.39, 0.29) is 16.1 Å². The molecule has 1 saturated heterocycles. The Morgan fingerprint density at radius 3 is 2.68 bits per heavy atom. The maximum Gasteiger partial charge on any atom is 0.470 e. The van der Waals surface area contributed by atoms with E-state index in [1.165, 1.54) is 6.07 Å². The number of quaternary nitrogens is 1. The summed E-state index contributed by atoms with van der Waals surface area (Å²) in [7, 11) is 0. The molecule has 1 aliphatic rings. The lowest BCUT2D eigenvalue weighted by atomic mass is 10.0. The molecule has 0 bridgehead atoms. The summed E-state index contributed by atoms with van der Waals surface area (Å²) in [5.74, 6) is 0.708. The van der Waals surface area contributed by atoms with Crippen molar-refractivity contribution >= 4 is 11.7 Å². The summed E-state index contributed by atoms with van der Waals surface area (Å²) in [6, 6.07) is 8.48. The largest absolute Gasteiger partial charge is 0.470 e. The van der Waals surface area contributed by atoms with Crippen molar-refractivity contribution in [3.05, 3.63) is 53.4 Å². The minimum Gasteiger partial charge on any atom is -0.285 e. The van der Waals surface area contributed by atoms with Crippen molar-refractivity contribution in [1.29, 1.82) is 5.26 Å². The molecule has 3 aromatic heterocycles. The van der Waals surface area contributed by atoms with Crippen molar-refractivity contribution in [3.8, 4) is 23.1 Å². The average molecular weight is 463 g/mol. The van der Waals surface area contributed by atoms with E-state index < -0.39 is 5.82 Å². The lowest BCUT2D eigenvalue weighted by Crippen LogP contribution is -2.56. The van der Waals surface area contributed by atoms with Crippen molar-refractivity contribution in [2.24, 2.45) is 0 Å². The number of piperidine rings is 1. The molecule has 0 aliphatic carbocycles. The van der Waals surface area contributed by atoms with Gasteiger partial charge in [0.15, 0.2) is 11.5 Å². The topological polar surface area (TPSA) is 102 Å². The van der Waals surface area contributed by atoms with Crippen LogP contribution in [0.4, 0.5) is 10.4 Å². The molecule has 1 fully saturated rings. The Morgan fingerprint density at radius 1 is 1.21 bits per heavy atom. The summed E-state index contributed by atoms with van der Waals surface area (Å²) in [4.78, 5) is 15.7. The molecule has 0 spiro atoms. The van der Waals surface area contributed by atoms with E-state index in [1.54, 1.807) is 35.8 Å². The SMILES string of the molecule is Cc1nn2c(O[N+]3(c4nc(C(C)C)no4)CCCCC3)ccnc2c1-c1ccc(C#N)cc1F. The van der Waals surface area contributed by atoms with E-state index in [1.807, 2.05) is 19.9 Å². The van der Waals surface area contributed by atoms with E-state index in [0.717, 1.165) is 19.3 Å². The van der Waals surface area contributed by atoms with Crippen molar-refractivity contribution in [3.63, 3.8) is 0 Å². The van der Waals surface area contributed by atoms with Crippen LogP contribution in [0.1, 0.15) is 56.1 Å². The molecule has 0 N–H and O–H groups in total. The highest BCUT2D eigenvalue weighted by Gasteiger charge is 2.43. The summed E-state index contributed by atoms with van der Waals surface area (Å²) in [5.41, 5.74) is 2.19. The number of aromatic nitrogens is 5. The van der Waals surface area contributed by atoms with Crippen LogP contribution in [0.2, 0.25) is 0 Å². The normalized spacial score (nSPS) is 15.5. The highest BCUT2D eigenvalue weighted by atomic mass is 19.1. The smallest absolute Gasteiger partial charge is 0.285 e. The van der Waals surface area contributed by atoms with Crippen molar-refractivity contribution in [2.45, 2.75) is 46.0 Å². The van der Waals surface area contributed by atoms with Crippen molar-refractivity contribution < 1.29 is 13.8 Å². The molecule has 174 valence electrons. The molecule has 0 unspecified atom stereocenters. The monoisotopic (exact) mass is 462 g/mol. The van der Waals surface area contributed by atoms with Crippen LogP contribution in [0, 0.1) is 24.1 Å². The summed E-state index contributed by atoms with van der Waals surface area (Å²) in [6.07, 6.45) is 4.62. The third kappa shape index (κ3) is 3.68. The molecular weight excluding hydrogens is 437 g/mol. The van der Waals surface area contributed by atoms with Gasteiger partial charge in [-0.3, -0.25) is 9.36 Å². The van der Waals surface area contributed by atoms with Gasteiger partial charge in [0.2, 0.25) is 0 Å². The lowest BCUT2D eigenvalue weighted by molar-refractivity contribution is -0.0873. The Bertz CT molecular complexity index is 1400. The third-order valence-electron chi connectivity index (χ3n) is 6.13. The number of rotatable bonds is 5. The summed E-state index contributed by atoms with van der Waals surface area (Å²) in [5, 5.41) is 17.8. The van der Waals surface area contributed by atoms with Gasteiger partial charge in [-0.2, -0.15) is 14.9 Å². The van der Waals surface area contributed by atoms with Crippen LogP contribution >= 0.6 is 0 Å². The Labute approximate surface area is 195 Å². The first-order chi connectivity index (χ1) is 16.4. The Balaban J connectivity index is 1.60. The maximum atomic E-state index is 14.9. The number of halogens is 1. The summed E-state index contributed by atoms with van der Waals surface area (Å²) < 4.78 is 22.2. The van der Waals surface area contributed by atoms with E-state index in [4.69, 9.17) is 14.6 Å². The molecule has 0 radical (unpaired) electrons. The second-order valence-corrected chi connectivity index (χ2v) is 8.86. The first-order valence-corrected chi connectivity index (χ1v) is 11.4. The minimum atomic E-state index is -0.503. The maximum absolute atomic E-state index is 14.9. The molecule has 1 aliphatic heterocycles. The van der Waals surface area contributed by atoms with E-state index in [9.17, 15) is 4.39 Å². The zero-order valence-electron chi connectivity index (χ0n) is 19.3. The van der Waals surface area contributed by atoms with Gasteiger partial charge >= 0.3 is 6.01 Å². The highest BCUT2D eigenvalue weighted by molar-refractivity contribution is 5.80. The van der Waals surface area contributed by atoms with Crippen LogP contribution in [-0.2, 0) is 0 Å². The average Bonchev–Trinajstić information content (AvgIpc) is 3.46. The number of aryl methyl sites for hydroxylation is 1. The van der Waals surface area contributed by atoms with Crippen LogP contribution in [0.25, 0.3) is 16.8 Å². The molecule has 9 nitrogen and oxygen atoms in total. The van der Waals surface area contributed by atoms with E-state index in [2.05, 4.69) is 20.2 Å².